The van der Waals surface area contributed by atoms with Gasteiger partial charge in [0.15, 0.2) is 24.3 Å². The van der Waals surface area contributed by atoms with Gasteiger partial charge < -0.3 is 4.74 Å². The van der Waals surface area contributed by atoms with E-state index in [-0.39, 0.29) is 9.79 Å². The lowest BCUT2D eigenvalue weighted by atomic mass is 9.92. The van der Waals surface area contributed by atoms with Gasteiger partial charge in [0, 0.05) is 5.41 Å². The quantitative estimate of drug-likeness (QED) is 0.720. The highest BCUT2D eigenvalue weighted by Gasteiger charge is 2.56. The topological polar surface area (TPSA) is 80.8 Å². The molecule has 0 saturated carbocycles. The van der Waals surface area contributed by atoms with Crippen LogP contribution in [0.3, 0.4) is 0 Å². The molecule has 0 N–H and O–H groups in total. The number of hydrogen-bond donors (Lipinski definition) is 0. The average molecular weight is 380 g/mol. The highest BCUT2D eigenvalue weighted by atomic mass is 32.3. The largest absolute Gasteiger partial charge is 0.372 e. The zero-order valence-corrected chi connectivity index (χ0v) is 15.6. The number of rotatable bonds is 6. The van der Waals surface area contributed by atoms with Crippen LogP contribution in [-0.2, 0) is 24.4 Å². The fourth-order valence-corrected chi connectivity index (χ4v) is 8.53. The molecule has 0 amide bonds. The van der Waals surface area contributed by atoms with Gasteiger partial charge in [0.2, 0.25) is 0 Å². The van der Waals surface area contributed by atoms with Crippen molar-refractivity contribution >= 4 is 19.7 Å². The van der Waals surface area contributed by atoms with Crippen molar-refractivity contribution in [3.8, 4) is 0 Å². The summed E-state index contributed by atoms with van der Waals surface area (Å²) in [6, 6.07) is 15.4. The van der Waals surface area contributed by atoms with Crippen LogP contribution in [0.15, 0.2) is 70.5 Å². The van der Waals surface area contributed by atoms with Crippen LogP contribution in [0.25, 0.3) is 0 Å². The normalized spacial score (nSPS) is 18.3. The summed E-state index contributed by atoms with van der Waals surface area (Å²) in [5, 5.41) is 0. The Morgan fingerprint density at radius 1 is 0.840 bits per heavy atom. The van der Waals surface area contributed by atoms with Crippen molar-refractivity contribution in [3.05, 3.63) is 60.7 Å². The van der Waals surface area contributed by atoms with Gasteiger partial charge >= 0.3 is 0 Å². The third kappa shape index (κ3) is 3.23. The molecule has 0 aromatic heterocycles. The van der Waals surface area contributed by atoms with Crippen molar-refractivity contribution in [2.75, 3.05) is 6.61 Å². The van der Waals surface area contributed by atoms with Gasteiger partial charge in [-0.15, -0.1) is 0 Å². The predicted octanol–water partition coefficient (Wildman–Crippen LogP) is 2.69. The Hall–Kier alpha value is -1.70. The number of benzene rings is 2. The molecular weight excluding hydrogens is 360 g/mol. The predicted molar refractivity (Wildman–Crippen MR) is 94.6 cm³/mol. The van der Waals surface area contributed by atoms with Gasteiger partial charge in [0.05, 0.1) is 22.5 Å². The van der Waals surface area contributed by atoms with E-state index in [1.54, 1.807) is 50.2 Å². The molecular formula is C18H20O5S2. The van der Waals surface area contributed by atoms with Gasteiger partial charge in [0.1, 0.15) is 0 Å². The second kappa shape index (κ2) is 6.23. The fraction of sp³-hybridized carbons (Fsp3) is 0.333. The highest BCUT2D eigenvalue weighted by Crippen LogP contribution is 2.44. The molecule has 0 radical (unpaired) electrons. The van der Waals surface area contributed by atoms with Gasteiger partial charge in [-0.05, 0) is 24.3 Å². The molecule has 0 bridgehead atoms. The van der Waals surface area contributed by atoms with E-state index in [1.807, 2.05) is 0 Å². The summed E-state index contributed by atoms with van der Waals surface area (Å²) in [6.45, 7) is 3.63. The minimum absolute atomic E-state index is 0.00627. The second-order valence-electron chi connectivity index (χ2n) is 6.69. The SMILES string of the molecule is CC(C)(C1CO1)C(S(=O)(=O)c1ccccc1)S(=O)(=O)c1ccccc1. The van der Waals surface area contributed by atoms with Crippen LogP contribution < -0.4 is 0 Å². The molecule has 0 spiro atoms. The average Bonchev–Trinajstić information content (AvgIpc) is 3.41. The van der Waals surface area contributed by atoms with Crippen molar-refractivity contribution in [3.63, 3.8) is 0 Å². The van der Waals surface area contributed by atoms with E-state index in [1.165, 1.54) is 24.3 Å². The third-order valence-corrected chi connectivity index (χ3v) is 10.2. The molecule has 2 aromatic carbocycles. The van der Waals surface area contributed by atoms with Crippen LogP contribution in [0.1, 0.15) is 13.8 Å². The fourth-order valence-electron chi connectivity index (χ4n) is 3.06. The third-order valence-electron chi connectivity index (χ3n) is 4.48. The lowest BCUT2D eigenvalue weighted by molar-refractivity contribution is 0.254. The summed E-state index contributed by atoms with van der Waals surface area (Å²) in [4.78, 5) is -0.0125. The Labute approximate surface area is 148 Å². The van der Waals surface area contributed by atoms with Gasteiger partial charge in [-0.1, -0.05) is 50.2 Å². The van der Waals surface area contributed by atoms with Crippen LogP contribution in [0.2, 0.25) is 0 Å². The molecule has 2 aromatic rings. The van der Waals surface area contributed by atoms with E-state index in [9.17, 15) is 16.8 Å². The smallest absolute Gasteiger partial charge is 0.196 e. The number of epoxide rings is 1. The Balaban J connectivity index is 2.22. The lowest BCUT2D eigenvalue weighted by Gasteiger charge is -2.32. The molecule has 1 saturated heterocycles. The van der Waals surface area contributed by atoms with Crippen molar-refractivity contribution < 1.29 is 21.6 Å². The van der Waals surface area contributed by atoms with Gasteiger partial charge in [-0.2, -0.15) is 0 Å². The summed E-state index contributed by atoms with van der Waals surface area (Å²) in [5.41, 5.74) is -1.09. The highest BCUT2D eigenvalue weighted by molar-refractivity contribution is 8.09. The molecule has 134 valence electrons. The van der Waals surface area contributed by atoms with E-state index >= 15 is 0 Å². The number of hydrogen-bond acceptors (Lipinski definition) is 5. The first kappa shape index (κ1) is 18.1. The monoisotopic (exact) mass is 380 g/mol. The Morgan fingerprint density at radius 3 is 1.52 bits per heavy atom. The summed E-state index contributed by atoms with van der Waals surface area (Å²) in [7, 11) is -8.28. The number of sulfone groups is 2. The first-order valence-corrected chi connectivity index (χ1v) is 11.0. The molecule has 1 aliphatic heterocycles. The van der Waals surface area contributed by atoms with Crippen molar-refractivity contribution in [2.45, 2.75) is 34.3 Å². The summed E-state index contributed by atoms with van der Waals surface area (Å²) >= 11 is 0. The van der Waals surface area contributed by atoms with Crippen LogP contribution in [0.4, 0.5) is 0 Å². The van der Waals surface area contributed by atoms with Crippen LogP contribution in [-0.4, -0.2) is 34.1 Å². The Morgan fingerprint density at radius 2 is 1.20 bits per heavy atom. The molecule has 1 unspecified atom stereocenters. The summed E-state index contributed by atoms with van der Waals surface area (Å²) in [6.07, 6.45) is -0.408. The summed E-state index contributed by atoms with van der Waals surface area (Å²) < 4.78 is 56.8. The van der Waals surface area contributed by atoms with Crippen molar-refractivity contribution in [2.24, 2.45) is 5.41 Å². The van der Waals surface area contributed by atoms with Crippen molar-refractivity contribution in [1.82, 2.24) is 0 Å². The lowest BCUT2D eigenvalue weighted by Crippen LogP contribution is -2.46. The van der Waals surface area contributed by atoms with Gasteiger partial charge in [-0.25, -0.2) is 16.8 Å². The molecule has 1 heterocycles. The molecule has 1 atom stereocenters. The van der Waals surface area contributed by atoms with Crippen LogP contribution >= 0.6 is 0 Å². The zero-order chi connectivity index (χ0) is 18.3. The Kier molecular flexibility index (Phi) is 4.51. The maximum atomic E-state index is 13.3. The second-order valence-corrected chi connectivity index (χ2v) is 11.1. The van der Waals surface area contributed by atoms with Crippen LogP contribution in [0, 0.1) is 5.41 Å². The first-order valence-electron chi connectivity index (χ1n) is 7.88. The number of ether oxygens (including phenoxy) is 1. The molecule has 3 rings (SSSR count). The van der Waals surface area contributed by atoms with Crippen molar-refractivity contribution in [1.29, 1.82) is 0 Å². The molecule has 5 nitrogen and oxygen atoms in total. The van der Waals surface area contributed by atoms with E-state index in [0.29, 0.717) is 6.61 Å². The molecule has 1 fully saturated rings. The van der Waals surface area contributed by atoms with Crippen LogP contribution in [0.5, 0.6) is 0 Å². The Bertz CT molecular complexity index is 876. The maximum absolute atomic E-state index is 13.3. The minimum Gasteiger partial charge on any atom is -0.372 e. The summed E-state index contributed by atoms with van der Waals surface area (Å²) in [5.74, 6) is 0. The first-order chi connectivity index (χ1) is 11.7. The van der Waals surface area contributed by atoms with E-state index in [0.717, 1.165) is 0 Å². The van der Waals surface area contributed by atoms with E-state index in [4.69, 9.17) is 4.74 Å². The molecule has 7 heteroatoms. The van der Waals surface area contributed by atoms with E-state index < -0.39 is 35.8 Å². The van der Waals surface area contributed by atoms with Gasteiger partial charge in [-0.3, -0.25) is 0 Å². The minimum atomic E-state index is -4.14. The maximum Gasteiger partial charge on any atom is 0.196 e. The van der Waals surface area contributed by atoms with Gasteiger partial charge in [0.25, 0.3) is 0 Å². The zero-order valence-electron chi connectivity index (χ0n) is 14.0. The molecule has 25 heavy (non-hydrogen) atoms. The standard InChI is InChI=1S/C18H20O5S2/c1-18(2,16-13-23-16)17(24(19,20)14-9-5-3-6-10-14)25(21,22)15-11-7-4-8-12-15/h3-12,16-17H,13H2,1-2H3. The molecule has 1 aliphatic rings. The molecule has 0 aliphatic carbocycles. The van der Waals surface area contributed by atoms with E-state index in [2.05, 4.69) is 0 Å².